The van der Waals surface area contributed by atoms with Gasteiger partial charge in [-0.2, -0.15) is 11.8 Å². The number of hydrogen-bond acceptors (Lipinski definition) is 5. The molecule has 0 aliphatic carbocycles. The Morgan fingerprint density at radius 1 is 1.48 bits per heavy atom. The first-order chi connectivity index (χ1) is 10.1. The van der Waals surface area contributed by atoms with Crippen molar-refractivity contribution in [2.75, 3.05) is 18.1 Å². The van der Waals surface area contributed by atoms with E-state index in [4.69, 9.17) is 9.47 Å². The van der Waals surface area contributed by atoms with Crippen LogP contribution in [0.2, 0.25) is 0 Å². The highest BCUT2D eigenvalue weighted by molar-refractivity contribution is 7.99. The number of thiophene rings is 1. The molecule has 3 rings (SSSR count). The average Bonchev–Trinajstić information content (AvgIpc) is 2.81. The average molecular weight is 328 g/mol. The summed E-state index contributed by atoms with van der Waals surface area (Å²) < 4.78 is 12.1. The van der Waals surface area contributed by atoms with Crippen molar-refractivity contribution >= 4 is 29.1 Å². The van der Waals surface area contributed by atoms with Crippen LogP contribution in [-0.4, -0.2) is 40.9 Å². The predicted molar refractivity (Wildman–Crippen MR) is 84.9 cm³/mol. The molecule has 1 spiro atoms. The lowest BCUT2D eigenvalue weighted by molar-refractivity contribution is -0.116. The molecule has 1 atom stereocenters. The third kappa shape index (κ3) is 3.38. The highest BCUT2D eigenvalue weighted by Gasteiger charge is 2.40. The summed E-state index contributed by atoms with van der Waals surface area (Å²) in [6, 6.07) is 1.84. The summed E-state index contributed by atoms with van der Waals surface area (Å²) in [6.45, 7) is 2.62. The van der Waals surface area contributed by atoms with Crippen molar-refractivity contribution in [1.82, 2.24) is 0 Å². The number of carboxylic acids is 1. The van der Waals surface area contributed by atoms with E-state index in [9.17, 15) is 9.90 Å². The number of carboxylic acid groups (broad SMARTS) is 1. The van der Waals surface area contributed by atoms with E-state index in [1.54, 1.807) is 0 Å². The summed E-state index contributed by atoms with van der Waals surface area (Å²) in [5.41, 5.74) is -0.0391. The summed E-state index contributed by atoms with van der Waals surface area (Å²) in [7, 11) is 0. The zero-order chi connectivity index (χ0) is 14.9. The molecule has 116 valence electrons. The van der Waals surface area contributed by atoms with Crippen LogP contribution in [0.4, 0.5) is 0 Å². The minimum Gasteiger partial charge on any atom is -0.488 e. The van der Waals surface area contributed by atoms with Gasteiger partial charge in [-0.25, -0.2) is 4.79 Å². The largest absolute Gasteiger partial charge is 0.488 e. The van der Waals surface area contributed by atoms with E-state index in [-0.39, 0.29) is 11.7 Å². The van der Waals surface area contributed by atoms with E-state index in [0.717, 1.165) is 42.1 Å². The Kier molecular flexibility index (Phi) is 4.47. The van der Waals surface area contributed by atoms with Crippen molar-refractivity contribution in [3.05, 3.63) is 15.8 Å². The molecular weight excluding hydrogens is 308 g/mol. The van der Waals surface area contributed by atoms with Crippen molar-refractivity contribution in [1.29, 1.82) is 0 Å². The molecule has 1 aromatic heterocycles. The van der Waals surface area contributed by atoms with Crippen LogP contribution in [0, 0.1) is 6.92 Å². The molecule has 1 N–H and O–H groups in total. The number of rotatable bonds is 3. The molecule has 2 aliphatic heterocycles. The second-order valence-electron chi connectivity index (χ2n) is 5.73. The van der Waals surface area contributed by atoms with Crippen LogP contribution in [0.1, 0.15) is 40.2 Å². The number of carbonyl (C=O) groups is 1. The topological polar surface area (TPSA) is 55.8 Å². The molecule has 0 amide bonds. The van der Waals surface area contributed by atoms with Gasteiger partial charge in [0.05, 0.1) is 12.2 Å². The summed E-state index contributed by atoms with van der Waals surface area (Å²) in [4.78, 5) is 12.6. The maximum absolute atomic E-state index is 11.3. The maximum Gasteiger partial charge on any atom is 0.349 e. The molecule has 1 unspecified atom stereocenters. The second-order valence-corrected chi connectivity index (χ2v) is 8.21. The van der Waals surface area contributed by atoms with Crippen molar-refractivity contribution in [3.63, 3.8) is 0 Å². The number of ether oxygens (including phenoxy) is 2. The quantitative estimate of drug-likeness (QED) is 0.919. The molecule has 0 radical (unpaired) electrons. The normalized spacial score (nSPS) is 24.9. The third-order valence-electron chi connectivity index (χ3n) is 4.16. The van der Waals surface area contributed by atoms with E-state index in [1.165, 1.54) is 11.3 Å². The van der Waals surface area contributed by atoms with Gasteiger partial charge in [-0.15, -0.1) is 11.3 Å². The van der Waals surface area contributed by atoms with Gasteiger partial charge in [-0.05, 0) is 37.3 Å². The Bertz CT molecular complexity index is 514. The minimum atomic E-state index is -0.904. The summed E-state index contributed by atoms with van der Waals surface area (Å²) in [6.07, 6.45) is 3.93. The zero-order valence-electron chi connectivity index (χ0n) is 12.1. The fourth-order valence-electron chi connectivity index (χ4n) is 3.08. The van der Waals surface area contributed by atoms with Gasteiger partial charge in [0.15, 0.2) is 4.88 Å². The Morgan fingerprint density at radius 3 is 2.95 bits per heavy atom. The molecule has 21 heavy (non-hydrogen) atoms. The number of hydrogen-bond donors (Lipinski definition) is 1. The van der Waals surface area contributed by atoms with Crippen LogP contribution >= 0.6 is 23.1 Å². The molecule has 2 saturated heterocycles. The monoisotopic (exact) mass is 328 g/mol. The second kappa shape index (κ2) is 6.18. The van der Waals surface area contributed by atoms with Crippen LogP contribution in [0.5, 0.6) is 5.75 Å². The smallest absolute Gasteiger partial charge is 0.349 e. The van der Waals surface area contributed by atoms with E-state index >= 15 is 0 Å². The SMILES string of the molecule is Cc1cc(OC2CCOC3(CCSCC3)C2)c(C(=O)O)s1. The first kappa shape index (κ1) is 15.2. The summed E-state index contributed by atoms with van der Waals surface area (Å²) >= 11 is 3.26. The van der Waals surface area contributed by atoms with Gasteiger partial charge in [0.1, 0.15) is 11.9 Å². The van der Waals surface area contributed by atoms with Crippen LogP contribution in [0.3, 0.4) is 0 Å². The zero-order valence-corrected chi connectivity index (χ0v) is 13.7. The van der Waals surface area contributed by atoms with E-state index in [0.29, 0.717) is 17.2 Å². The molecule has 6 heteroatoms. The Morgan fingerprint density at radius 2 is 2.24 bits per heavy atom. The number of aromatic carboxylic acids is 1. The van der Waals surface area contributed by atoms with Gasteiger partial charge < -0.3 is 14.6 Å². The highest BCUT2D eigenvalue weighted by atomic mass is 32.2. The van der Waals surface area contributed by atoms with E-state index < -0.39 is 5.97 Å². The number of thioether (sulfide) groups is 1. The molecule has 0 saturated carbocycles. The fourth-order valence-corrected chi connectivity index (χ4v) is 5.10. The lowest BCUT2D eigenvalue weighted by Gasteiger charge is -2.43. The van der Waals surface area contributed by atoms with Gasteiger partial charge in [0, 0.05) is 17.7 Å². The molecule has 1 aromatic rings. The summed E-state index contributed by atoms with van der Waals surface area (Å²) in [5, 5.41) is 9.25. The third-order valence-corrected chi connectivity index (χ3v) is 6.17. The van der Waals surface area contributed by atoms with Gasteiger partial charge in [0.25, 0.3) is 0 Å². The fraction of sp³-hybridized carbons (Fsp3) is 0.667. The van der Waals surface area contributed by atoms with Crippen LogP contribution in [0.15, 0.2) is 6.07 Å². The molecule has 3 heterocycles. The Labute approximate surface area is 132 Å². The molecule has 2 aliphatic rings. The lowest BCUT2D eigenvalue weighted by atomic mass is 9.86. The van der Waals surface area contributed by atoms with Gasteiger partial charge in [0.2, 0.25) is 0 Å². The van der Waals surface area contributed by atoms with Gasteiger partial charge >= 0.3 is 5.97 Å². The molecule has 2 fully saturated rings. The molecular formula is C15H20O4S2. The standard InChI is InChI=1S/C15H20O4S2/c1-10-8-12(13(21-10)14(16)17)19-11-2-5-18-15(9-11)3-6-20-7-4-15/h8,11H,2-7,9H2,1H3,(H,16,17). The van der Waals surface area contributed by atoms with Crippen LogP contribution in [0.25, 0.3) is 0 Å². The van der Waals surface area contributed by atoms with Gasteiger partial charge in [-0.1, -0.05) is 0 Å². The Hall–Kier alpha value is -0.720. The molecule has 0 aromatic carbocycles. The Balaban J connectivity index is 1.71. The van der Waals surface area contributed by atoms with Crippen molar-refractivity contribution < 1.29 is 19.4 Å². The van der Waals surface area contributed by atoms with E-state index in [1.807, 2.05) is 24.8 Å². The highest BCUT2D eigenvalue weighted by Crippen LogP contribution is 2.39. The molecule has 0 bridgehead atoms. The van der Waals surface area contributed by atoms with Gasteiger partial charge in [-0.3, -0.25) is 0 Å². The van der Waals surface area contributed by atoms with Crippen LogP contribution < -0.4 is 4.74 Å². The minimum absolute atomic E-state index is 0.0391. The van der Waals surface area contributed by atoms with Crippen LogP contribution in [-0.2, 0) is 4.74 Å². The first-order valence-electron chi connectivity index (χ1n) is 7.30. The summed E-state index contributed by atoms with van der Waals surface area (Å²) in [5.74, 6) is 1.91. The van der Waals surface area contributed by atoms with Crippen molar-refractivity contribution in [2.45, 2.75) is 44.3 Å². The van der Waals surface area contributed by atoms with Crippen molar-refractivity contribution in [2.24, 2.45) is 0 Å². The maximum atomic E-state index is 11.3. The predicted octanol–water partition coefficient (Wildman–Crippen LogP) is 3.58. The first-order valence-corrected chi connectivity index (χ1v) is 9.27. The van der Waals surface area contributed by atoms with Crippen molar-refractivity contribution in [3.8, 4) is 5.75 Å². The number of aryl methyl sites for hydroxylation is 1. The van der Waals surface area contributed by atoms with E-state index in [2.05, 4.69) is 0 Å². The molecule has 4 nitrogen and oxygen atoms in total. The lowest BCUT2D eigenvalue weighted by Crippen LogP contribution is -2.46.